The molecule has 0 radical (unpaired) electrons. The highest BCUT2D eigenvalue weighted by atomic mass is 16.2. The zero-order valence-electron chi connectivity index (χ0n) is 15.1. The summed E-state index contributed by atoms with van der Waals surface area (Å²) in [4.78, 5) is 16.9. The highest BCUT2D eigenvalue weighted by Crippen LogP contribution is 2.29. The summed E-state index contributed by atoms with van der Waals surface area (Å²) >= 11 is 0. The summed E-state index contributed by atoms with van der Waals surface area (Å²) in [5.74, 6) is 0.318. The summed E-state index contributed by atoms with van der Waals surface area (Å²) in [5.41, 5.74) is 2.65. The quantitative estimate of drug-likeness (QED) is 0.836. The predicted octanol–water partition coefficient (Wildman–Crippen LogP) is 3.96. The molecule has 2 fully saturated rings. The van der Waals surface area contributed by atoms with Crippen LogP contribution in [0.3, 0.4) is 0 Å². The number of carbonyl (C=O) groups is 1. The largest absolute Gasteiger partial charge is 0.341 e. The van der Waals surface area contributed by atoms with Gasteiger partial charge in [0.1, 0.15) is 0 Å². The minimum atomic E-state index is 0.318. The van der Waals surface area contributed by atoms with E-state index in [1.165, 1.54) is 30.4 Å². The summed E-state index contributed by atoms with van der Waals surface area (Å²) < 4.78 is 0. The number of piperidine rings is 1. The Hall–Kier alpha value is -1.61. The average Bonchev–Trinajstić information content (AvgIpc) is 2.72. The van der Waals surface area contributed by atoms with Crippen molar-refractivity contribution >= 4 is 11.5 Å². The van der Waals surface area contributed by atoms with Gasteiger partial charge in [-0.15, -0.1) is 0 Å². The molecule has 1 aromatic carbocycles. The van der Waals surface area contributed by atoms with Gasteiger partial charge in [-0.3, -0.25) is 9.69 Å². The van der Waals surface area contributed by atoms with E-state index in [-0.39, 0.29) is 0 Å². The third-order valence-electron chi connectivity index (χ3n) is 5.67. The van der Waals surface area contributed by atoms with Crippen molar-refractivity contribution in [3.05, 3.63) is 42.0 Å². The van der Waals surface area contributed by atoms with E-state index < -0.39 is 0 Å². The first-order valence-corrected chi connectivity index (χ1v) is 9.44. The lowest BCUT2D eigenvalue weighted by Crippen LogP contribution is -2.48. The molecule has 0 saturated carbocycles. The number of allylic oxidation sites excluding steroid dienone is 1. The molecule has 2 unspecified atom stereocenters. The summed E-state index contributed by atoms with van der Waals surface area (Å²) in [6.45, 7) is 7.04. The minimum Gasteiger partial charge on any atom is -0.341 e. The predicted molar refractivity (Wildman–Crippen MR) is 99.7 cm³/mol. The van der Waals surface area contributed by atoms with Gasteiger partial charge in [0.15, 0.2) is 0 Å². The van der Waals surface area contributed by atoms with Gasteiger partial charge in [0.05, 0.1) is 0 Å². The lowest BCUT2D eigenvalue weighted by Gasteiger charge is -2.40. The Morgan fingerprint density at radius 1 is 1.17 bits per heavy atom. The second kappa shape index (κ2) is 7.98. The molecule has 130 valence electrons. The van der Waals surface area contributed by atoms with E-state index in [1.807, 2.05) is 6.92 Å². The molecule has 2 atom stereocenters. The molecular weight excluding hydrogens is 296 g/mol. The summed E-state index contributed by atoms with van der Waals surface area (Å²) in [7, 11) is 0. The molecule has 0 N–H and O–H groups in total. The molecule has 3 rings (SSSR count). The van der Waals surface area contributed by atoms with Crippen LogP contribution in [-0.4, -0.2) is 47.4 Å². The molecule has 3 heteroatoms. The summed E-state index contributed by atoms with van der Waals surface area (Å²) in [5, 5.41) is 0. The molecule has 24 heavy (non-hydrogen) atoms. The van der Waals surface area contributed by atoms with Crippen molar-refractivity contribution in [3.8, 4) is 0 Å². The fourth-order valence-electron chi connectivity index (χ4n) is 4.19. The van der Waals surface area contributed by atoms with Gasteiger partial charge in [0, 0.05) is 38.1 Å². The van der Waals surface area contributed by atoms with E-state index in [4.69, 9.17) is 0 Å². The van der Waals surface area contributed by atoms with Crippen molar-refractivity contribution in [1.29, 1.82) is 0 Å². The second-order valence-electron chi connectivity index (χ2n) is 7.17. The number of benzene rings is 1. The van der Waals surface area contributed by atoms with E-state index in [0.717, 1.165) is 26.1 Å². The highest BCUT2D eigenvalue weighted by Gasteiger charge is 2.34. The van der Waals surface area contributed by atoms with Crippen LogP contribution in [0.15, 0.2) is 36.4 Å². The van der Waals surface area contributed by atoms with Crippen LogP contribution in [0.5, 0.6) is 0 Å². The van der Waals surface area contributed by atoms with Crippen molar-refractivity contribution in [3.63, 3.8) is 0 Å². The average molecular weight is 326 g/mol. The maximum atomic E-state index is 12.2. The van der Waals surface area contributed by atoms with E-state index in [9.17, 15) is 4.79 Å². The molecule has 2 aliphatic rings. The van der Waals surface area contributed by atoms with Crippen molar-refractivity contribution in [2.45, 2.75) is 58.0 Å². The molecule has 1 aromatic rings. The van der Waals surface area contributed by atoms with Gasteiger partial charge in [-0.05, 0) is 37.3 Å². The summed E-state index contributed by atoms with van der Waals surface area (Å²) in [6, 6.07) is 11.8. The molecule has 1 amide bonds. The van der Waals surface area contributed by atoms with Crippen LogP contribution in [0.1, 0.15) is 51.5 Å². The van der Waals surface area contributed by atoms with Crippen molar-refractivity contribution in [2.24, 2.45) is 0 Å². The fourth-order valence-corrected chi connectivity index (χ4v) is 4.19. The van der Waals surface area contributed by atoms with Crippen LogP contribution in [0, 0.1) is 0 Å². The molecule has 0 spiro atoms. The molecule has 2 aliphatic heterocycles. The Labute approximate surface area is 146 Å². The molecule has 3 nitrogen and oxygen atoms in total. The van der Waals surface area contributed by atoms with Crippen LogP contribution >= 0.6 is 0 Å². The van der Waals surface area contributed by atoms with Gasteiger partial charge >= 0.3 is 0 Å². The standard InChI is InChI=1S/C21H30N2O/c1-3-21(24)22-14-13-19-10-7-11-20(16-22)23(19)15-12-17(2)18-8-5-4-6-9-18/h4-6,8-9,12,19-20H,3,7,10-11,13-16H2,1-2H3/b17-12+. The topological polar surface area (TPSA) is 23.6 Å². The van der Waals surface area contributed by atoms with Gasteiger partial charge in [0.25, 0.3) is 0 Å². The number of hydrogen-bond acceptors (Lipinski definition) is 2. The van der Waals surface area contributed by atoms with Crippen LogP contribution in [0.2, 0.25) is 0 Å². The Bertz CT molecular complexity index is 581. The monoisotopic (exact) mass is 326 g/mol. The first kappa shape index (κ1) is 17.2. The summed E-state index contributed by atoms with van der Waals surface area (Å²) in [6.07, 6.45) is 7.94. The molecular formula is C21H30N2O. The fraction of sp³-hybridized carbons (Fsp3) is 0.571. The van der Waals surface area contributed by atoms with Gasteiger partial charge in [0.2, 0.25) is 5.91 Å². The first-order chi connectivity index (χ1) is 11.7. The smallest absolute Gasteiger partial charge is 0.222 e. The number of hydrogen-bond donors (Lipinski definition) is 0. The lowest BCUT2D eigenvalue weighted by molar-refractivity contribution is -0.131. The second-order valence-corrected chi connectivity index (χ2v) is 7.17. The Balaban J connectivity index is 1.71. The van der Waals surface area contributed by atoms with Gasteiger partial charge in [-0.2, -0.15) is 0 Å². The maximum Gasteiger partial charge on any atom is 0.222 e. The van der Waals surface area contributed by atoms with Gasteiger partial charge in [-0.25, -0.2) is 0 Å². The molecule has 2 heterocycles. The minimum absolute atomic E-state index is 0.318. The molecule has 2 bridgehead atoms. The molecule has 2 saturated heterocycles. The third-order valence-corrected chi connectivity index (χ3v) is 5.67. The number of carbonyl (C=O) groups excluding carboxylic acids is 1. The Kier molecular flexibility index (Phi) is 5.72. The Morgan fingerprint density at radius 2 is 1.92 bits per heavy atom. The van der Waals surface area contributed by atoms with Crippen LogP contribution in [0.25, 0.3) is 5.57 Å². The molecule has 0 aliphatic carbocycles. The van der Waals surface area contributed by atoms with E-state index in [2.05, 4.69) is 53.1 Å². The van der Waals surface area contributed by atoms with Gasteiger partial charge in [-0.1, -0.05) is 49.8 Å². The van der Waals surface area contributed by atoms with E-state index in [1.54, 1.807) is 0 Å². The number of rotatable bonds is 4. The van der Waals surface area contributed by atoms with Crippen molar-refractivity contribution < 1.29 is 4.79 Å². The number of fused-ring (bicyclic) bond motifs is 2. The maximum absolute atomic E-state index is 12.2. The van der Waals surface area contributed by atoms with Crippen LogP contribution in [-0.2, 0) is 4.79 Å². The number of amides is 1. The van der Waals surface area contributed by atoms with Crippen molar-refractivity contribution in [1.82, 2.24) is 9.80 Å². The molecule has 0 aromatic heterocycles. The first-order valence-electron chi connectivity index (χ1n) is 9.44. The van der Waals surface area contributed by atoms with Crippen LogP contribution in [0.4, 0.5) is 0 Å². The lowest BCUT2D eigenvalue weighted by atomic mass is 9.94. The van der Waals surface area contributed by atoms with Gasteiger partial charge < -0.3 is 4.90 Å². The van der Waals surface area contributed by atoms with E-state index >= 15 is 0 Å². The zero-order chi connectivity index (χ0) is 16.9. The van der Waals surface area contributed by atoms with Crippen molar-refractivity contribution in [2.75, 3.05) is 19.6 Å². The van der Waals surface area contributed by atoms with Crippen LogP contribution < -0.4 is 0 Å². The SMILES string of the molecule is CCC(=O)N1CCC2CCCC(C1)N2C/C=C(\C)c1ccccc1. The number of nitrogens with zero attached hydrogens (tertiary/aromatic N) is 2. The third kappa shape index (κ3) is 3.89. The zero-order valence-corrected chi connectivity index (χ0v) is 15.1. The normalized spacial score (nSPS) is 25.4. The Morgan fingerprint density at radius 3 is 2.67 bits per heavy atom. The highest BCUT2D eigenvalue weighted by molar-refractivity contribution is 5.75. The van der Waals surface area contributed by atoms with E-state index in [0.29, 0.717) is 24.4 Å².